The number of carbonyl (C=O) groups excluding carboxylic acids is 1. The largest absolute Gasteiger partial charge is 0.487 e. The Morgan fingerprint density at radius 1 is 1.41 bits per heavy atom. The molecule has 0 radical (unpaired) electrons. The van der Waals surface area contributed by atoms with E-state index in [9.17, 15) is 13.6 Å². The predicted molar refractivity (Wildman–Crippen MR) is 99.0 cm³/mol. The molecule has 1 fully saturated rings. The van der Waals surface area contributed by atoms with E-state index in [0.29, 0.717) is 28.1 Å². The smallest absolute Gasteiger partial charge is 0.323 e. The number of hydrogen-bond acceptors (Lipinski definition) is 4. The molecule has 2 amide bonds. The van der Waals surface area contributed by atoms with Gasteiger partial charge in [-0.2, -0.15) is 0 Å². The number of aromatic nitrogens is 1. The van der Waals surface area contributed by atoms with E-state index < -0.39 is 5.92 Å². The molecule has 3 rings (SSSR count). The van der Waals surface area contributed by atoms with Crippen LogP contribution in [0.3, 0.4) is 0 Å². The number of aliphatic hydroxyl groups excluding tert-OH is 1. The van der Waals surface area contributed by atoms with Crippen LogP contribution in [0.15, 0.2) is 41.0 Å². The van der Waals surface area contributed by atoms with Crippen molar-refractivity contribution in [2.75, 3.05) is 18.1 Å². The first-order valence-corrected chi connectivity index (χ1v) is 9.02. The van der Waals surface area contributed by atoms with Crippen LogP contribution >= 0.6 is 15.9 Å². The van der Waals surface area contributed by atoms with Gasteiger partial charge in [0, 0.05) is 22.5 Å². The molecule has 1 aliphatic rings. The van der Waals surface area contributed by atoms with Crippen LogP contribution in [0, 0.1) is 0 Å². The fraction of sp³-hybridized carbons (Fsp3) is 0.333. The summed E-state index contributed by atoms with van der Waals surface area (Å²) < 4.78 is 33.7. The highest BCUT2D eigenvalue weighted by Gasteiger charge is 2.30. The molecule has 1 aromatic heterocycles. The summed E-state index contributed by atoms with van der Waals surface area (Å²) in [6.45, 7) is 0.946. The summed E-state index contributed by atoms with van der Waals surface area (Å²) in [5.74, 6) is -2.19. The molecule has 0 saturated carbocycles. The molecule has 0 aliphatic carbocycles. The van der Waals surface area contributed by atoms with Gasteiger partial charge < -0.3 is 15.2 Å². The Hall–Kier alpha value is -2.26. The Labute approximate surface area is 163 Å². The van der Waals surface area contributed by atoms with Gasteiger partial charge in [-0.25, -0.2) is 18.6 Å². The zero-order valence-electron chi connectivity index (χ0n) is 14.5. The monoisotopic (exact) mass is 441 g/mol. The quantitative estimate of drug-likeness (QED) is 0.719. The molecule has 9 heteroatoms. The molecule has 1 saturated heterocycles. The van der Waals surface area contributed by atoms with Crippen molar-refractivity contribution in [3.63, 3.8) is 0 Å². The van der Waals surface area contributed by atoms with Crippen LogP contribution in [-0.4, -0.2) is 35.3 Å². The summed E-state index contributed by atoms with van der Waals surface area (Å²) in [6.07, 6.45) is 1.43. The second kappa shape index (κ2) is 7.77. The Morgan fingerprint density at radius 2 is 2.19 bits per heavy atom. The molecule has 6 nitrogen and oxygen atoms in total. The maximum Gasteiger partial charge on any atom is 0.323 e. The van der Waals surface area contributed by atoms with Crippen LogP contribution in [0.25, 0.3) is 0 Å². The third-order valence-corrected chi connectivity index (χ3v) is 4.91. The highest BCUT2D eigenvalue weighted by Crippen LogP contribution is 2.34. The Bertz CT molecular complexity index is 828. The van der Waals surface area contributed by atoms with Crippen molar-refractivity contribution >= 4 is 27.8 Å². The van der Waals surface area contributed by atoms with Crippen LogP contribution in [0.4, 0.5) is 19.4 Å². The summed E-state index contributed by atoms with van der Waals surface area (Å²) in [4.78, 5) is 17.5. The second-order valence-corrected chi connectivity index (χ2v) is 7.09. The topological polar surface area (TPSA) is 74.7 Å². The lowest BCUT2D eigenvalue weighted by atomic mass is 10.0. The van der Waals surface area contributed by atoms with Gasteiger partial charge in [0.15, 0.2) is 0 Å². The van der Waals surface area contributed by atoms with Crippen molar-refractivity contribution in [2.45, 2.75) is 25.5 Å². The molecule has 1 atom stereocenters. The minimum absolute atomic E-state index is 0.0575. The third-order valence-electron chi connectivity index (χ3n) is 4.17. The standard InChI is InChI=1S/C18H18BrF2N3O3/c1-18(20,21)14-3-2-4-15(19)13(14)10-27-12-5-6-16(22-7-12)24-8-11(9-25)23-17(24)26/h2-7,11,25H,8-10H2,1H3,(H,23,26). The number of ether oxygens (including phenoxy) is 1. The molecule has 0 spiro atoms. The van der Waals surface area contributed by atoms with Crippen LogP contribution in [0.1, 0.15) is 18.1 Å². The van der Waals surface area contributed by atoms with E-state index in [1.807, 2.05) is 0 Å². The lowest BCUT2D eigenvalue weighted by molar-refractivity contribution is 0.0155. The maximum absolute atomic E-state index is 13.8. The molecule has 1 aromatic carbocycles. The molecule has 0 bridgehead atoms. The average Bonchev–Trinajstić information content (AvgIpc) is 3.01. The van der Waals surface area contributed by atoms with Gasteiger partial charge in [-0.1, -0.05) is 28.1 Å². The summed E-state index contributed by atoms with van der Waals surface area (Å²) in [7, 11) is 0. The number of anilines is 1. The highest BCUT2D eigenvalue weighted by atomic mass is 79.9. The molecule has 1 aliphatic heterocycles. The van der Waals surface area contributed by atoms with E-state index in [-0.39, 0.29) is 30.9 Å². The molecule has 144 valence electrons. The minimum atomic E-state index is -2.99. The number of nitrogens with zero attached hydrogens (tertiary/aromatic N) is 2. The summed E-state index contributed by atoms with van der Waals surface area (Å²) >= 11 is 3.29. The molecule has 2 heterocycles. The third kappa shape index (κ3) is 4.36. The number of halogens is 3. The summed E-state index contributed by atoms with van der Waals surface area (Å²) in [6, 6.07) is 7.15. The van der Waals surface area contributed by atoms with Gasteiger partial charge in [0.05, 0.1) is 25.4 Å². The zero-order valence-corrected chi connectivity index (χ0v) is 16.0. The number of carbonyl (C=O) groups is 1. The van der Waals surface area contributed by atoms with Crippen LogP contribution in [-0.2, 0) is 12.5 Å². The lowest BCUT2D eigenvalue weighted by Crippen LogP contribution is -2.30. The van der Waals surface area contributed by atoms with E-state index >= 15 is 0 Å². The summed E-state index contributed by atoms with van der Waals surface area (Å²) in [5, 5.41) is 11.8. The number of alkyl halides is 2. The Morgan fingerprint density at radius 3 is 2.78 bits per heavy atom. The molecule has 27 heavy (non-hydrogen) atoms. The first-order chi connectivity index (χ1) is 12.8. The number of rotatable bonds is 6. The van der Waals surface area contributed by atoms with Gasteiger partial charge in [0.2, 0.25) is 0 Å². The van der Waals surface area contributed by atoms with E-state index in [1.54, 1.807) is 24.3 Å². The molecule has 2 aromatic rings. The zero-order chi connectivity index (χ0) is 19.6. The maximum atomic E-state index is 13.8. The number of nitrogens with one attached hydrogen (secondary N) is 1. The Kier molecular flexibility index (Phi) is 5.61. The van der Waals surface area contributed by atoms with Gasteiger partial charge in [0.1, 0.15) is 18.2 Å². The number of amides is 2. The van der Waals surface area contributed by atoms with E-state index in [4.69, 9.17) is 9.84 Å². The summed E-state index contributed by atoms with van der Waals surface area (Å²) in [5.41, 5.74) is 0.254. The Balaban J connectivity index is 1.71. The van der Waals surface area contributed by atoms with E-state index in [1.165, 1.54) is 17.2 Å². The van der Waals surface area contributed by atoms with Gasteiger partial charge >= 0.3 is 6.03 Å². The van der Waals surface area contributed by atoms with Crippen LogP contribution < -0.4 is 15.0 Å². The van der Waals surface area contributed by atoms with E-state index in [0.717, 1.165) is 6.92 Å². The van der Waals surface area contributed by atoms with Gasteiger partial charge in [0.25, 0.3) is 5.92 Å². The molecular weight excluding hydrogens is 424 g/mol. The number of benzene rings is 1. The van der Waals surface area contributed by atoms with Gasteiger partial charge in [-0.05, 0) is 18.2 Å². The highest BCUT2D eigenvalue weighted by molar-refractivity contribution is 9.10. The van der Waals surface area contributed by atoms with Gasteiger partial charge in [-0.15, -0.1) is 0 Å². The van der Waals surface area contributed by atoms with Crippen molar-refractivity contribution in [1.29, 1.82) is 0 Å². The SMILES string of the molecule is CC(F)(F)c1cccc(Br)c1COc1ccc(N2CC(CO)NC2=O)nc1. The number of pyridine rings is 1. The van der Waals surface area contributed by atoms with Crippen LogP contribution in [0.2, 0.25) is 0 Å². The van der Waals surface area contributed by atoms with Gasteiger partial charge in [-0.3, -0.25) is 4.90 Å². The number of urea groups is 1. The number of aliphatic hydroxyl groups is 1. The van der Waals surface area contributed by atoms with E-state index in [2.05, 4.69) is 26.2 Å². The second-order valence-electron chi connectivity index (χ2n) is 6.23. The minimum Gasteiger partial charge on any atom is -0.487 e. The van der Waals surface area contributed by atoms with Crippen molar-refractivity contribution < 1.29 is 23.4 Å². The normalized spacial score (nSPS) is 17.1. The number of hydrogen-bond donors (Lipinski definition) is 2. The molecule has 1 unspecified atom stereocenters. The predicted octanol–water partition coefficient (Wildman–Crippen LogP) is 3.43. The van der Waals surface area contributed by atoms with Crippen molar-refractivity contribution in [3.05, 3.63) is 52.1 Å². The van der Waals surface area contributed by atoms with Crippen molar-refractivity contribution in [1.82, 2.24) is 10.3 Å². The van der Waals surface area contributed by atoms with Crippen LogP contribution in [0.5, 0.6) is 5.75 Å². The first-order valence-electron chi connectivity index (χ1n) is 8.23. The molecule has 2 N–H and O–H groups in total. The average molecular weight is 442 g/mol. The molecular formula is C18H18BrF2N3O3. The first kappa shape index (κ1) is 19.5. The van der Waals surface area contributed by atoms with Crippen molar-refractivity contribution in [3.8, 4) is 5.75 Å². The lowest BCUT2D eigenvalue weighted by Gasteiger charge is -2.18. The van der Waals surface area contributed by atoms with Crippen molar-refractivity contribution in [2.24, 2.45) is 0 Å². The fourth-order valence-electron chi connectivity index (χ4n) is 2.79. The fourth-order valence-corrected chi connectivity index (χ4v) is 3.27.